The predicted octanol–water partition coefficient (Wildman–Crippen LogP) is 3.82. The molecule has 3 heterocycles. The Morgan fingerprint density at radius 1 is 1.22 bits per heavy atom. The zero-order valence-corrected chi connectivity index (χ0v) is 19.0. The number of thioether (sulfide) groups is 1. The van der Waals surface area contributed by atoms with Gasteiger partial charge < -0.3 is 15.0 Å². The number of nitrogens with one attached hydrogen (secondary N) is 1. The van der Waals surface area contributed by atoms with E-state index in [-0.39, 0.29) is 18.4 Å². The standard InChI is InChI=1S/C23H25FN4O3S/c1-22(2,3)31-21(30)28-12-16-13-32-20(26-19(29)15-7-5-4-6-8-15)27-23(16,14-28)18-10-9-17(24)11-25-18/h4-11,16H,12-14H2,1-3H3,(H,26,27,29). The van der Waals surface area contributed by atoms with Crippen LogP contribution in [0.5, 0.6) is 0 Å². The van der Waals surface area contributed by atoms with Crippen molar-refractivity contribution in [2.45, 2.75) is 31.9 Å². The Kier molecular flexibility index (Phi) is 5.94. The summed E-state index contributed by atoms with van der Waals surface area (Å²) in [5, 5.41) is 3.32. The Hall–Kier alpha value is -2.94. The zero-order chi connectivity index (χ0) is 22.9. The molecule has 2 unspecified atom stereocenters. The van der Waals surface area contributed by atoms with Gasteiger partial charge in [-0.05, 0) is 45.0 Å². The van der Waals surface area contributed by atoms with E-state index in [0.29, 0.717) is 28.7 Å². The number of hydrogen-bond donors (Lipinski definition) is 1. The minimum Gasteiger partial charge on any atom is -0.444 e. The topological polar surface area (TPSA) is 83.9 Å². The van der Waals surface area contributed by atoms with Crippen LogP contribution in [0.15, 0.2) is 53.7 Å². The van der Waals surface area contributed by atoms with Gasteiger partial charge in [0.05, 0.1) is 18.4 Å². The molecule has 0 saturated carbocycles. The van der Waals surface area contributed by atoms with Gasteiger partial charge in [0.25, 0.3) is 5.91 Å². The molecule has 1 aromatic heterocycles. The van der Waals surface area contributed by atoms with Crippen LogP contribution in [0, 0.1) is 11.7 Å². The minimum absolute atomic E-state index is 0.0599. The number of pyridine rings is 1. The third-order valence-electron chi connectivity index (χ3n) is 5.35. The molecule has 1 aromatic carbocycles. The molecule has 2 amide bonds. The molecule has 0 radical (unpaired) electrons. The maximum absolute atomic E-state index is 13.6. The van der Waals surface area contributed by atoms with E-state index in [1.807, 2.05) is 26.8 Å². The summed E-state index contributed by atoms with van der Waals surface area (Å²) in [6.07, 6.45) is 0.722. The number of ether oxygens (including phenoxy) is 1. The van der Waals surface area contributed by atoms with Crippen LogP contribution in [0.4, 0.5) is 9.18 Å². The van der Waals surface area contributed by atoms with E-state index in [1.165, 1.54) is 17.8 Å². The SMILES string of the molecule is CC(C)(C)OC(=O)N1CC2CSC(NC(=O)c3ccccc3)=NC2(c2ccc(F)cn2)C1. The Labute approximate surface area is 190 Å². The van der Waals surface area contributed by atoms with Crippen LogP contribution >= 0.6 is 11.8 Å². The Morgan fingerprint density at radius 2 is 1.97 bits per heavy atom. The van der Waals surface area contributed by atoms with Crippen LogP contribution in [-0.4, -0.2) is 51.5 Å². The van der Waals surface area contributed by atoms with E-state index in [4.69, 9.17) is 9.73 Å². The smallest absolute Gasteiger partial charge is 0.410 e. The van der Waals surface area contributed by atoms with Crippen molar-refractivity contribution in [1.29, 1.82) is 0 Å². The monoisotopic (exact) mass is 456 g/mol. The number of nitrogens with zero attached hydrogens (tertiary/aromatic N) is 3. The van der Waals surface area contributed by atoms with Crippen LogP contribution in [0.3, 0.4) is 0 Å². The highest BCUT2D eigenvalue weighted by atomic mass is 32.2. The lowest BCUT2D eigenvalue weighted by Gasteiger charge is -2.34. The second-order valence-corrected chi connectivity index (χ2v) is 9.90. The van der Waals surface area contributed by atoms with E-state index < -0.39 is 23.1 Å². The van der Waals surface area contributed by atoms with Crippen LogP contribution in [0.2, 0.25) is 0 Å². The van der Waals surface area contributed by atoms with E-state index in [2.05, 4.69) is 10.3 Å². The first-order chi connectivity index (χ1) is 15.2. The molecule has 0 aliphatic carbocycles. The van der Waals surface area contributed by atoms with Crippen molar-refractivity contribution < 1.29 is 18.7 Å². The number of fused-ring (bicyclic) bond motifs is 1. The molecule has 1 fully saturated rings. The molecule has 2 aromatic rings. The lowest BCUT2D eigenvalue weighted by atomic mass is 9.85. The molecule has 0 spiro atoms. The second kappa shape index (κ2) is 8.54. The highest BCUT2D eigenvalue weighted by Gasteiger charge is 2.53. The van der Waals surface area contributed by atoms with Crippen molar-refractivity contribution in [1.82, 2.24) is 15.2 Å². The van der Waals surface area contributed by atoms with E-state index in [1.54, 1.807) is 35.2 Å². The number of aromatic nitrogens is 1. The van der Waals surface area contributed by atoms with Gasteiger partial charge in [-0.1, -0.05) is 30.0 Å². The zero-order valence-electron chi connectivity index (χ0n) is 18.2. The number of hydrogen-bond acceptors (Lipinski definition) is 6. The average Bonchev–Trinajstić information content (AvgIpc) is 3.14. The Balaban J connectivity index is 1.66. The predicted molar refractivity (Wildman–Crippen MR) is 121 cm³/mol. The molecular formula is C23H25FN4O3S. The average molecular weight is 457 g/mol. The summed E-state index contributed by atoms with van der Waals surface area (Å²) in [5.41, 5.74) is -0.441. The lowest BCUT2D eigenvalue weighted by molar-refractivity contribution is 0.0282. The number of carbonyl (C=O) groups excluding carboxylic acids is 2. The first-order valence-corrected chi connectivity index (χ1v) is 11.3. The van der Waals surface area contributed by atoms with Crippen LogP contribution in [-0.2, 0) is 10.3 Å². The highest BCUT2D eigenvalue weighted by molar-refractivity contribution is 8.13. The van der Waals surface area contributed by atoms with Crippen molar-refractivity contribution >= 4 is 28.9 Å². The molecule has 168 valence electrons. The summed E-state index contributed by atoms with van der Waals surface area (Å²) in [6, 6.07) is 11.8. The van der Waals surface area contributed by atoms with Gasteiger partial charge in [0.1, 0.15) is 17.0 Å². The number of carbonyl (C=O) groups is 2. The summed E-state index contributed by atoms with van der Waals surface area (Å²) < 4.78 is 19.1. The van der Waals surface area contributed by atoms with Gasteiger partial charge in [0.2, 0.25) is 0 Å². The maximum atomic E-state index is 13.6. The van der Waals surface area contributed by atoms with Crippen molar-refractivity contribution in [2.24, 2.45) is 10.9 Å². The number of rotatable bonds is 2. The van der Waals surface area contributed by atoms with Crippen LogP contribution in [0.25, 0.3) is 0 Å². The number of aliphatic imine (C=N–C) groups is 1. The molecule has 7 nitrogen and oxygen atoms in total. The number of likely N-dealkylation sites (tertiary alicyclic amines) is 1. The fraction of sp³-hybridized carbons (Fsp3) is 0.391. The van der Waals surface area contributed by atoms with E-state index in [0.717, 1.165) is 6.20 Å². The maximum Gasteiger partial charge on any atom is 0.410 e. The number of amidine groups is 1. The summed E-state index contributed by atoms with van der Waals surface area (Å²) in [5.74, 6) is -0.156. The second-order valence-electron chi connectivity index (χ2n) is 8.89. The minimum atomic E-state index is -0.894. The van der Waals surface area contributed by atoms with Crippen molar-refractivity contribution in [3.8, 4) is 0 Å². The molecule has 9 heteroatoms. The summed E-state index contributed by atoms with van der Waals surface area (Å²) >= 11 is 1.42. The molecule has 0 bridgehead atoms. The number of halogens is 1. The van der Waals surface area contributed by atoms with E-state index >= 15 is 0 Å². The van der Waals surface area contributed by atoms with Gasteiger partial charge in [-0.2, -0.15) is 0 Å². The molecule has 32 heavy (non-hydrogen) atoms. The fourth-order valence-electron chi connectivity index (χ4n) is 3.88. The first-order valence-electron chi connectivity index (χ1n) is 10.4. The first kappa shape index (κ1) is 22.3. The third kappa shape index (κ3) is 4.62. The molecule has 1 saturated heterocycles. The van der Waals surface area contributed by atoms with Gasteiger partial charge in [-0.15, -0.1) is 0 Å². The Morgan fingerprint density at radius 3 is 2.62 bits per heavy atom. The van der Waals surface area contributed by atoms with Crippen molar-refractivity contribution in [2.75, 3.05) is 18.8 Å². The summed E-state index contributed by atoms with van der Waals surface area (Å²) in [6.45, 7) is 6.12. The quantitative estimate of drug-likeness (QED) is 0.743. The van der Waals surface area contributed by atoms with Crippen LogP contribution in [0.1, 0.15) is 36.8 Å². The molecule has 2 aliphatic heterocycles. The summed E-state index contributed by atoms with van der Waals surface area (Å²) in [4.78, 5) is 36.2. The number of benzene rings is 1. The van der Waals surface area contributed by atoms with E-state index in [9.17, 15) is 14.0 Å². The molecule has 1 N–H and O–H groups in total. The van der Waals surface area contributed by atoms with Crippen molar-refractivity contribution in [3.05, 3.63) is 65.7 Å². The lowest BCUT2D eigenvalue weighted by Crippen LogP contribution is -2.43. The number of amides is 2. The fourth-order valence-corrected chi connectivity index (χ4v) is 5.01. The van der Waals surface area contributed by atoms with Gasteiger partial charge >= 0.3 is 6.09 Å². The Bertz CT molecular complexity index is 1040. The molecule has 4 rings (SSSR count). The normalized spacial score (nSPS) is 22.7. The molecule has 2 atom stereocenters. The van der Waals surface area contributed by atoms with Gasteiger partial charge in [0.15, 0.2) is 5.17 Å². The van der Waals surface area contributed by atoms with Crippen molar-refractivity contribution in [3.63, 3.8) is 0 Å². The third-order valence-corrected chi connectivity index (χ3v) is 6.39. The molecule has 2 aliphatic rings. The summed E-state index contributed by atoms with van der Waals surface area (Å²) in [7, 11) is 0. The van der Waals surface area contributed by atoms with Crippen LogP contribution < -0.4 is 5.32 Å². The highest BCUT2D eigenvalue weighted by Crippen LogP contribution is 2.45. The molecular weight excluding hydrogens is 431 g/mol. The van der Waals surface area contributed by atoms with Gasteiger partial charge in [0, 0.05) is 23.8 Å². The van der Waals surface area contributed by atoms with Gasteiger partial charge in [-0.25, -0.2) is 14.2 Å². The largest absolute Gasteiger partial charge is 0.444 e. The van der Waals surface area contributed by atoms with Gasteiger partial charge in [-0.3, -0.25) is 9.78 Å².